The highest BCUT2D eigenvalue weighted by Crippen LogP contribution is 2.38. The number of rotatable bonds is 6. The van der Waals surface area contributed by atoms with Gasteiger partial charge in [0.1, 0.15) is 5.75 Å². The van der Waals surface area contributed by atoms with E-state index in [9.17, 15) is 0 Å². The molecule has 0 saturated carbocycles. The van der Waals surface area contributed by atoms with Crippen LogP contribution in [0.1, 0.15) is 48.9 Å². The Bertz CT molecular complexity index is 432. The van der Waals surface area contributed by atoms with E-state index in [1.54, 1.807) is 7.11 Å². The Hall–Kier alpha value is -1.18. The lowest BCUT2D eigenvalue weighted by molar-refractivity contribution is 0.408. The van der Waals surface area contributed by atoms with Crippen molar-refractivity contribution in [3.05, 3.63) is 22.3 Å². The van der Waals surface area contributed by atoms with Gasteiger partial charge in [-0.05, 0) is 57.2 Å². The van der Waals surface area contributed by atoms with E-state index in [2.05, 4.69) is 46.4 Å². The Morgan fingerprint density at radius 1 is 0.789 bits per heavy atom. The van der Waals surface area contributed by atoms with E-state index in [-0.39, 0.29) is 0 Å². The van der Waals surface area contributed by atoms with Crippen molar-refractivity contribution in [2.45, 2.75) is 54.4 Å². The highest BCUT2D eigenvalue weighted by Gasteiger charge is 2.19. The van der Waals surface area contributed by atoms with E-state index in [0.717, 1.165) is 18.8 Å². The summed E-state index contributed by atoms with van der Waals surface area (Å²) in [4.78, 5) is 2.51. The van der Waals surface area contributed by atoms with Crippen LogP contribution in [0.3, 0.4) is 0 Å². The highest BCUT2D eigenvalue weighted by molar-refractivity contribution is 5.68. The second-order valence-corrected chi connectivity index (χ2v) is 5.37. The zero-order chi connectivity index (χ0) is 14.6. The summed E-state index contributed by atoms with van der Waals surface area (Å²) in [6.45, 7) is 15.5. The van der Waals surface area contributed by atoms with Gasteiger partial charge >= 0.3 is 0 Å². The predicted octanol–water partition coefficient (Wildman–Crippen LogP) is 4.56. The van der Waals surface area contributed by atoms with Crippen LogP contribution in [0.15, 0.2) is 0 Å². The molecular weight excluding hydrogens is 234 g/mol. The molecule has 108 valence electrons. The van der Waals surface area contributed by atoms with Crippen LogP contribution in [0.2, 0.25) is 0 Å². The van der Waals surface area contributed by atoms with E-state index in [1.807, 2.05) is 0 Å². The monoisotopic (exact) mass is 263 g/mol. The molecule has 1 aromatic rings. The van der Waals surface area contributed by atoms with E-state index < -0.39 is 0 Å². The summed E-state index contributed by atoms with van der Waals surface area (Å²) in [5.41, 5.74) is 6.69. The number of hydrogen-bond acceptors (Lipinski definition) is 2. The summed E-state index contributed by atoms with van der Waals surface area (Å²) in [7, 11) is 1.78. The molecule has 2 nitrogen and oxygen atoms in total. The molecule has 0 aliphatic rings. The van der Waals surface area contributed by atoms with Gasteiger partial charge in [-0.25, -0.2) is 0 Å². The molecule has 1 aromatic carbocycles. The lowest BCUT2D eigenvalue weighted by Crippen LogP contribution is -2.27. The first-order valence-electron chi connectivity index (χ1n) is 7.38. The smallest absolute Gasteiger partial charge is 0.127 e. The molecule has 1 rings (SSSR count). The van der Waals surface area contributed by atoms with Crippen LogP contribution in [-0.2, 0) is 0 Å². The van der Waals surface area contributed by atoms with Gasteiger partial charge in [0, 0.05) is 24.3 Å². The maximum absolute atomic E-state index is 5.63. The fourth-order valence-electron chi connectivity index (χ4n) is 2.95. The summed E-state index contributed by atoms with van der Waals surface area (Å²) < 4.78 is 5.63. The van der Waals surface area contributed by atoms with Gasteiger partial charge in [-0.15, -0.1) is 0 Å². The molecule has 0 bridgehead atoms. The van der Waals surface area contributed by atoms with Gasteiger partial charge in [-0.1, -0.05) is 13.8 Å². The lowest BCUT2D eigenvalue weighted by atomic mass is 9.96. The zero-order valence-corrected chi connectivity index (χ0v) is 13.7. The highest BCUT2D eigenvalue weighted by atomic mass is 16.5. The summed E-state index contributed by atoms with van der Waals surface area (Å²) in [5, 5.41) is 0. The topological polar surface area (TPSA) is 12.5 Å². The summed E-state index contributed by atoms with van der Waals surface area (Å²) in [6.07, 6.45) is 2.35. The molecule has 0 aliphatic heterocycles. The van der Waals surface area contributed by atoms with Crippen LogP contribution >= 0.6 is 0 Å². The van der Waals surface area contributed by atoms with Crippen LogP contribution in [0, 0.1) is 27.7 Å². The Balaban J connectivity index is 3.43. The van der Waals surface area contributed by atoms with Crippen LogP contribution in [-0.4, -0.2) is 20.2 Å². The molecule has 0 unspecified atom stereocenters. The van der Waals surface area contributed by atoms with Crippen molar-refractivity contribution in [1.82, 2.24) is 0 Å². The Morgan fingerprint density at radius 2 is 1.32 bits per heavy atom. The van der Waals surface area contributed by atoms with Crippen molar-refractivity contribution < 1.29 is 4.74 Å². The van der Waals surface area contributed by atoms with Crippen LogP contribution < -0.4 is 9.64 Å². The quantitative estimate of drug-likeness (QED) is 0.746. The molecular formula is C17H29NO. The number of ether oxygens (including phenoxy) is 1. The van der Waals surface area contributed by atoms with Crippen molar-refractivity contribution >= 4 is 5.69 Å². The first-order valence-corrected chi connectivity index (χ1v) is 7.38. The van der Waals surface area contributed by atoms with Gasteiger partial charge in [0.2, 0.25) is 0 Å². The van der Waals surface area contributed by atoms with Gasteiger partial charge in [-0.2, -0.15) is 0 Å². The molecule has 0 N–H and O–H groups in total. The van der Waals surface area contributed by atoms with Crippen molar-refractivity contribution in [1.29, 1.82) is 0 Å². The number of methoxy groups -OCH3 is 1. The lowest BCUT2D eigenvalue weighted by Gasteiger charge is -2.30. The third kappa shape index (κ3) is 3.05. The molecule has 0 aliphatic carbocycles. The number of hydrogen-bond donors (Lipinski definition) is 0. The first-order chi connectivity index (χ1) is 8.99. The summed E-state index contributed by atoms with van der Waals surface area (Å²) >= 11 is 0. The van der Waals surface area contributed by atoms with E-state index in [1.165, 1.54) is 40.8 Å². The number of anilines is 1. The summed E-state index contributed by atoms with van der Waals surface area (Å²) in [6, 6.07) is 0. The number of benzene rings is 1. The molecule has 0 saturated heterocycles. The first kappa shape index (κ1) is 15.9. The van der Waals surface area contributed by atoms with E-state index in [0.29, 0.717) is 0 Å². The second kappa shape index (κ2) is 6.83. The Morgan fingerprint density at radius 3 is 1.74 bits per heavy atom. The fraction of sp³-hybridized carbons (Fsp3) is 0.647. The standard InChI is InChI=1S/C17H29NO/c1-8-10-18(11-9-2)16-13(4)12(3)14(5)17(19-7)15(16)6/h8-11H2,1-7H3. The van der Waals surface area contributed by atoms with Crippen molar-refractivity contribution in [3.63, 3.8) is 0 Å². The van der Waals surface area contributed by atoms with Crippen molar-refractivity contribution in [2.24, 2.45) is 0 Å². The zero-order valence-electron chi connectivity index (χ0n) is 13.7. The number of nitrogens with zero attached hydrogens (tertiary/aromatic N) is 1. The predicted molar refractivity (Wildman–Crippen MR) is 84.7 cm³/mol. The van der Waals surface area contributed by atoms with Gasteiger partial charge < -0.3 is 9.64 Å². The van der Waals surface area contributed by atoms with Gasteiger partial charge in [-0.3, -0.25) is 0 Å². The van der Waals surface area contributed by atoms with Crippen LogP contribution in [0.4, 0.5) is 5.69 Å². The minimum Gasteiger partial charge on any atom is -0.496 e. The van der Waals surface area contributed by atoms with E-state index in [4.69, 9.17) is 4.74 Å². The average Bonchev–Trinajstić information content (AvgIpc) is 2.37. The van der Waals surface area contributed by atoms with E-state index >= 15 is 0 Å². The molecule has 0 atom stereocenters. The Labute approximate surface area is 118 Å². The third-order valence-electron chi connectivity index (χ3n) is 4.02. The molecule has 0 aromatic heterocycles. The molecule has 19 heavy (non-hydrogen) atoms. The fourth-order valence-corrected chi connectivity index (χ4v) is 2.95. The summed E-state index contributed by atoms with van der Waals surface area (Å²) in [5.74, 6) is 1.05. The average molecular weight is 263 g/mol. The normalized spacial score (nSPS) is 10.7. The molecule has 0 spiro atoms. The van der Waals surface area contributed by atoms with Crippen molar-refractivity contribution in [2.75, 3.05) is 25.1 Å². The molecule has 0 heterocycles. The maximum Gasteiger partial charge on any atom is 0.127 e. The maximum atomic E-state index is 5.63. The van der Waals surface area contributed by atoms with Crippen LogP contribution in [0.5, 0.6) is 5.75 Å². The SMILES string of the molecule is CCCN(CCC)c1c(C)c(C)c(C)c(OC)c1C. The van der Waals surface area contributed by atoms with Crippen LogP contribution in [0.25, 0.3) is 0 Å². The van der Waals surface area contributed by atoms with Gasteiger partial charge in [0.25, 0.3) is 0 Å². The third-order valence-corrected chi connectivity index (χ3v) is 4.02. The minimum atomic E-state index is 1.05. The van der Waals surface area contributed by atoms with Gasteiger partial charge in [0.05, 0.1) is 7.11 Å². The Kier molecular flexibility index (Phi) is 5.71. The molecule has 0 radical (unpaired) electrons. The molecule has 0 fully saturated rings. The second-order valence-electron chi connectivity index (χ2n) is 5.37. The largest absolute Gasteiger partial charge is 0.496 e. The minimum absolute atomic E-state index is 1.05. The molecule has 0 amide bonds. The van der Waals surface area contributed by atoms with Crippen molar-refractivity contribution in [3.8, 4) is 5.75 Å². The van der Waals surface area contributed by atoms with Gasteiger partial charge in [0.15, 0.2) is 0 Å². The molecule has 2 heteroatoms.